The van der Waals surface area contributed by atoms with Gasteiger partial charge in [0.15, 0.2) is 11.0 Å². The maximum Gasteiger partial charge on any atom is 0.276 e. The highest BCUT2D eigenvalue weighted by molar-refractivity contribution is 7.87. The van der Waals surface area contributed by atoms with E-state index in [2.05, 4.69) is 0 Å². The smallest absolute Gasteiger partial charge is 0.276 e. The van der Waals surface area contributed by atoms with Gasteiger partial charge < -0.3 is 15.9 Å². The molecule has 0 bridgehead atoms. The Labute approximate surface area is 94.0 Å². The first kappa shape index (κ1) is 15.5. The molecular formula is C8H17NO6S. The highest BCUT2D eigenvalue weighted by atomic mass is 32.2. The summed E-state index contributed by atoms with van der Waals surface area (Å²) in [5.74, 6) is -1.12. The molecule has 0 heterocycles. The van der Waals surface area contributed by atoms with Crippen molar-refractivity contribution in [3.05, 3.63) is 0 Å². The van der Waals surface area contributed by atoms with Crippen LogP contribution in [0.2, 0.25) is 0 Å². The van der Waals surface area contributed by atoms with E-state index in [0.717, 1.165) is 0 Å². The summed E-state index contributed by atoms with van der Waals surface area (Å²) in [4.78, 5) is 11.5. The molecule has 0 radical (unpaired) electrons. The summed E-state index contributed by atoms with van der Waals surface area (Å²) in [7, 11) is -4.64. The second-order valence-electron chi connectivity index (χ2n) is 4.19. The number of rotatable bonds is 6. The van der Waals surface area contributed by atoms with E-state index in [9.17, 15) is 18.3 Å². The average Bonchev–Trinajstić information content (AvgIpc) is 2.15. The molecule has 0 aliphatic heterocycles. The molecule has 0 amide bonds. The molecular weight excluding hydrogens is 238 g/mol. The number of ketones is 1. The molecule has 0 aromatic heterocycles. The third-order valence-corrected chi connectivity index (χ3v) is 3.45. The van der Waals surface area contributed by atoms with Gasteiger partial charge in [-0.15, -0.1) is 0 Å². The second kappa shape index (κ2) is 5.19. The number of aliphatic hydroxyl groups excluding tert-OH is 2. The van der Waals surface area contributed by atoms with E-state index in [-0.39, 0.29) is 0 Å². The SMILES string of the molecule is CC(C)(CO)[C@H](O)C(=O)[C@H](CN)S(=O)(=O)O. The Balaban J connectivity index is 5.06. The molecule has 0 aliphatic rings. The standard InChI is InChI=1S/C8H17NO6S/c1-8(2,4-10)7(12)6(11)5(3-9)16(13,14)15/h5,7,10,12H,3-4,9H2,1-2H3,(H,13,14,15)/t5-,7+/m0/s1. The van der Waals surface area contributed by atoms with Crippen molar-refractivity contribution >= 4 is 15.9 Å². The molecule has 2 atom stereocenters. The molecule has 0 saturated carbocycles. The topological polar surface area (TPSA) is 138 Å². The highest BCUT2D eigenvalue weighted by Gasteiger charge is 2.40. The number of hydrogen-bond acceptors (Lipinski definition) is 6. The number of carbonyl (C=O) groups excluding carboxylic acids is 1. The van der Waals surface area contributed by atoms with Crippen LogP contribution < -0.4 is 5.73 Å². The van der Waals surface area contributed by atoms with Gasteiger partial charge in [-0.3, -0.25) is 9.35 Å². The quantitative estimate of drug-likeness (QED) is 0.409. The summed E-state index contributed by atoms with van der Waals surface area (Å²) in [6, 6.07) is 0. The number of nitrogens with two attached hydrogens (primary N) is 1. The molecule has 5 N–H and O–H groups in total. The lowest BCUT2D eigenvalue weighted by molar-refractivity contribution is -0.134. The van der Waals surface area contributed by atoms with Crippen molar-refractivity contribution in [1.82, 2.24) is 0 Å². The molecule has 96 valence electrons. The summed E-state index contributed by atoms with van der Waals surface area (Å²) in [5.41, 5.74) is 3.85. The zero-order valence-corrected chi connectivity index (χ0v) is 9.94. The van der Waals surface area contributed by atoms with Crippen LogP contribution in [0.1, 0.15) is 13.8 Å². The first-order valence-electron chi connectivity index (χ1n) is 4.57. The van der Waals surface area contributed by atoms with Gasteiger partial charge in [0.2, 0.25) is 0 Å². The maximum atomic E-state index is 11.5. The van der Waals surface area contributed by atoms with E-state index in [1.54, 1.807) is 0 Å². The third-order valence-electron chi connectivity index (χ3n) is 2.31. The zero-order valence-electron chi connectivity index (χ0n) is 9.12. The van der Waals surface area contributed by atoms with Crippen LogP contribution in [0.15, 0.2) is 0 Å². The molecule has 0 unspecified atom stereocenters. The third kappa shape index (κ3) is 3.49. The summed E-state index contributed by atoms with van der Waals surface area (Å²) in [6.07, 6.45) is -1.71. The van der Waals surface area contributed by atoms with Crippen molar-refractivity contribution in [2.24, 2.45) is 11.1 Å². The molecule has 0 aromatic rings. The number of Topliss-reactive ketones (excluding diaryl/α,β-unsaturated/α-hetero) is 1. The Hall–Kier alpha value is -0.540. The zero-order chi connectivity index (χ0) is 13.1. The first-order chi connectivity index (χ1) is 7.07. The minimum atomic E-state index is -4.64. The Kier molecular flexibility index (Phi) is 5.02. The second-order valence-corrected chi connectivity index (χ2v) is 5.79. The molecule has 0 rings (SSSR count). The van der Waals surface area contributed by atoms with Gasteiger partial charge in [-0.1, -0.05) is 13.8 Å². The Morgan fingerprint density at radius 1 is 1.44 bits per heavy atom. The van der Waals surface area contributed by atoms with Gasteiger partial charge in [0.1, 0.15) is 6.10 Å². The Morgan fingerprint density at radius 2 is 1.88 bits per heavy atom. The fourth-order valence-electron chi connectivity index (χ4n) is 1.03. The minimum Gasteiger partial charge on any atom is -0.396 e. The van der Waals surface area contributed by atoms with Gasteiger partial charge in [-0.05, 0) is 0 Å². The minimum absolute atomic E-state index is 0.511. The van der Waals surface area contributed by atoms with Gasteiger partial charge in [0.25, 0.3) is 10.1 Å². The van der Waals surface area contributed by atoms with Crippen molar-refractivity contribution in [3.63, 3.8) is 0 Å². The summed E-state index contributed by atoms with van der Waals surface area (Å²) in [6.45, 7) is 1.62. The lowest BCUT2D eigenvalue weighted by Crippen LogP contribution is -2.49. The molecule has 0 aromatic carbocycles. The lowest BCUT2D eigenvalue weighted by atomic mass is 9.84. The molecule has 0 aliphatic carbocycles. The summed E-state index contributed by atoms with van der Waals surface area (Å²) < 4.78 is 30.3. The average molecular weight is 255 g/mol. The fraction of sp³-hybridized carbons (Fsp3) is 0.875. The number of hydrogen-bond donors (Lipinski definition) is 4. The van der Waals surface area contributed by atoms with Gasteiger partial charge >= 0.3 is 0 Å². The van der Waals surface area contributed by atoms with E-state index in [1.807, 2.05) is 0 Å². The first-order valence-corrected chi connectivity index (χ1v) is 6.07. The highest BCUT2D eigenvalue weighted by Crippen LogP contribution is 2.22. The van der Waals surface area contributed by atoms with Crippen LogP contribution in [0.5, 0.6) is 0 Å². The van der Waals surface area contributed by atoms with Gasteiger partial charge in [0, 0.05) is 12.0 Å². The van der Waals surface area contributed by atoms with Crippen molar-refractivity contribution in [1.29, 1.82) is 0 Å². The van der Waals surface area contributed by atoms with E-state index in [0.29, 0.717) is 0 Å². The number of carbonyl (C=O) groups is 1. The Morgan fingerprint density at radius 3 is 2.12 bits per heavy atom. The predicted octanol–water partition coefficient (Wildman–Crippen LogP) is -1.85. The van der Waals surface area contributed by atoms with Gasteiger partial charge in [0.05, 0.1) is 6.61 Å². The molecule has 0 spiro atoms. The van der Waals surface area contributed by atoms with Crippen LogP contribution in [-0.2, 0) is 14.9 Å². The normalized spacial score (nSPS) is 16.9. The fourth-order valence-corrected chi connectivity index (χ4v) is 1.70. The largest absolute Gasteiger partial charge is 0.396 e. The van der Waals surface area contributed by atoms with Crippen LogP contribution in [0.25, 0.3) is 0 Å². The molecule has 8 heteroatoms. The van der Waals surface area contributed by atoms with Gasteiger partial charge in [-0.25, -0.2) is 0 Å². The molecule has 0 fully saturated rings. The van der Waals surface area contributed by atoms with Crippen molar-refractivity contribution in [3.8, 4) is 0 Å². The Bertz CT molecular complexity index is 350. The van der Waals surface area contributed by atoms with Crippen LogP contribution >= 0.6 is 0 Å². The van der Waals surface area contributed by atoms with Crippen molar-refractivity contribution in [2.45, 2.75) is 25.2 Å². The van der Waals surface area contributed by atoms with Gasteiger partial charge in [-0.2, -0.15) is 8.42 Å². The van der Waals surface area contributed by atoms with E-state index >= 15 is 0 Å². The molecule has 16 heavy (non-hydrogen) atoms. The maximum absolute atomic E-state index is 11.5. The van der Waals surface area contributed by atoms with E-state index in [4.69, 9.17) is 15.4 Å². The number of aliphatic hydroxyl groups is 2. The van der Waals surface area contributed by atoms with Crippen LogP contribution in [0.3, 0.4) is 0 Å². The van der Waals surface area contributed by atoms with Crippen molar-refractivity contribution < 1.29 is 28.0 Å². The molecule has 7 nitrogen and oxygen atoms in total. The van der Waals surface area contributed by atoms with Crippen LogP contribution in [0.4, 0.5) is 0 Å². The van der Waals surface area contributed by atoms with Crippen LogP contribution in [0, 0.1) is 5.41 Å². The summed E-state index contributed by atoms with van der Waals surface area (Å²) >= 11 is 0. The van der Waals surface area contributed by atoms with E-state index in [1.165, 1.54) is 13.8 Å². The van der Waals surface area contributed by atoms with Crippen molar-refractivity contribution in [2.75, 3.05) is 13.2 Å². The predicted molar refractivity (Wildman–Crippen MR) is 56.3 cm³/mol. The summed E-state index contributed by atoms with van der Waals surface area (Å²) in [5, 5.41) is 16.6. The monoisotopic (exact) mass is 255 g/mol. The van der Waals surface area contributed by atoms with Crippen LogP contribution in [-0.4, -0.2) is 53.5 Å². The van der Waals surface area contributed by atoms with E-state index < -0.39 is 45.8 Å². The molecule has 0 saturated heterocycles. The lowest BCUT2D eigenvalue weighted by Gasteiger charge is -2.28.